The lowest BCUT2D eigenvalue weighted by Gasteiger charge is -2.12. The highest BCUT2D eigenvalue weighted by Crippen LogP contribution is 2.18. The fourth-order valence-corrected chi connectivity index (χ4v) is 2.82. The summed E-state index contributed by atoms with van der Waals surface area (Å²) in [5.74, 6) is -0.316. The van der Waals surface area contributed by atoms with E-state index in [0.29, 0.717) is 22.5 Å². The van der Waals surface area contributed by atoms with Crippen LogP contribution in [0.3, 0.4) is 0 Å². The third-order valence-electron chi connectivity index (χ3n) is 4.46. The molecule has 2 amide bonds. The number of nitrogens with one attached hydrogen (secondary N) is 2. The molecular weight excluding hydrogens is 410 g/mol. The van der Waals surface area contributed by atoms with Crippen LogP contribution in [-0.2, 0) is 11.3 Å². The Morgan fingerprint density at radius 1 is 0.844 bits per heavy atom. The zero-order valence-corrected chi connectivity index (χ0v) is 17.5. The van der Waals surface area contributed by atoms with Crippen molar-refractivity contribution in [2.45, 2.75) is 13.5 Å². The van der Waals surface area contributed by atoms with Gasteiger partial charge in [0.15, 0.2) is 0 Å². The molecule has 0 fully saturated rings. The zero-order chi connectivity index (χ0) is 22.9. The Balaban J connectivity index is 1.61. The zero-order valence-electron chi connectivity index (χ0n) is 17.5. The van der Waals surface area contributed by atoms with Crippen LogP contribution in [0, 0.1) is 0 Å². The molecule has 8 nitrogen and oxygen atoms in total. The molecule has 164 valence electrons. The lowest BCUT2D eigenvalue weighted by Crippen LogP contribution is -2.24. The Bertz CT molecular complexity index is 1100. The van der Waals surface area contributed by atoms with E-state index in [9.17, 15) is 14.4 Å². The number of amides is 2. The van der Waals surface area contributed by atoms with Gasteiger partial charge in [0.1, 0.15) is 5.75 Å². The molecule has 32 heavy (non-hydrogen) atoms. The van der Waals surface area contributed by atoms with Crippen LogP contribution in [0.1, 0.15) is 33.2 Å². The summed E-state index contributed by atoms with van der Waals surface area (Å²) in [6.45, 7) is 2.09. The fourth-order valence-electron chi connectivity index (χ4n) is 2.82. The van der Waals surface area contributed by atoms with Gasteiger partial charge in [0.25, 0.3) is 11.8 Å². The number of hydrogen-bond acceptors (Lipinski definition) is 6. The number of ether oxygens (including phenoxy) is 2. The second-order valence-electron chi connectivity index (χ2n) is 6.73. The molecule has 0 aliphatic rings. The molecule has 3 aromatic rings. The van der Waals surface area contributed by atoms with Crippen molar-refractivity contribution in [2.24, 2.45) is 0 Å². The third kappa shape index (κ3) is 6.09. The average Bonchev–Trinajstić information content (AvgIpc) is 2.79. The Hall–Kier alpha value is -4.33. The molecule has 4 N–H and O–H groups in total. The number of carbonyl (C=O) groups excluding carboxylic acids is 3. The highest BCUT2D eigenvalue weighted by molar-refractivity contribution is 6.04. The van der Waals surface area contributed by atoms with Crippen LogP contribution in [0.2, 0.25) is 0 Å². The molecule has 3 aromatic carbocycles. The van der Waals surface area contributed by atoms with Crippen LogP contribution < -0.4 is 21.1 Å². The monoisotopic (exact) mass is 433 g/mol. The summed E-state index contributed by atoms with van der Waals surface area (Å²) in [6, 6.07) is 19.9. The minimum absolute atomic E-state index is 0.206. The second-order valence-corrected chi connectivity index (χ2v) is 6.73. The van der Waals surface area contributed by atoms with Gasteiger partial charge in [0, 0.05) is 29.0 Å². The summed E-state index contributed by atoms with van der Waals surface area (Å²) >= 11 is 0. The molecule has 0 spiro atoms. The number of hydrogen-bond donors (Lipinski definition) is 3. The molecular formula is C24H23N3O5. The van der Waals surface area contributed by atoms with Crippen molar-refractivity contribution in [1.29, 1.82) is 0 Å². The molecule has 3 rings (SSSR count). The van der Waals surface area contributed by atoms with Gasteiger partial charge in [0.2, 0.25) is 0 Å². The maximum atomic E-state index is 12.5. The highest BCUT2D eigenvalue weighted by atomic mass is 16.7. The molecule has 0 unspecified atom stereocenters. The first kappa shape index (κ1) is 22.4. The van der Waals surface area contributed by atoms with Gasteiger partial charge >= 0.3 is 6.16 Å². The first-order chi connectivity index (χ1) is 15.5. The molecule has 0 bridgehead atoms. The van der Waals surface area contributed by atoms with Crippen molar-refractivity contribution >= 4 is 29.3 Å². The molecule has 8 heteroatoms. The molecule has 0 saturated heterocycles. The normalized spacial score (nSPS) is 10.2. The van der Waals surface area contributed by atoms with E-state index in [2.05, 4.69) is 10.6 Å². The number of carbonyl (C=O) groups is 3. The lowest BCUT2D eigenvalue weighted by atomic mass is 10.1. The van der Waals surface area contributed by atoms with E-state index in [-0.39, 0.29) is 30.7 Å². The van der Waals surface area contributed by atoms with Crippen molar-refractivity contribution in [2.75, 3.05) is 17.7 Å². The summed E-state index contributed by atoms with van der Waals surface area (Å²) in [5.41, 5.74) is 8.44. The number of nitrogens with two attached hydrogens (primary N) is 1. The number of para-hydroxylation sites is 1. The minimum Gasteiger partial charge on any atom is -0.434 e. The van der Waals surface area contributed by atoms with Crippen molar-refractivity contribution in [3.63, 3.8) is 0 Å². The standard InChI is InChI=1S/C24H23N3O5/c1-2-31-24(30)32-20-13-9-16(10-14-20)22(28)26-15-18-5-3-4-6-21(18)27-23(29)17-7-11-19(25)12-8-17/h3-14H,2,15,25H2,1H3,(H,26,28)(H,27,29). The van der Waals surface area contributed by atoms with Gasteiger partial charge in [-0.2, -0.15) is 0 Å². The average molecular weight is 433 g/mol. The lowest BCUT2D eigenvalue weighted by molar-refractivity contribution is 0.0950. The summed E-state index contributed by atoms with van der Waals surface area (Å²) in [4.78, 5) is 36.3. The van der Waals surface area contributed by atoms with Gasteiger partial charge in [-0.15, -0.1) is 0 Å². The van der Waals surface area contributed by atoms with E-state index in [1.54, 1.807) is 55.5 Å². The number of benzene rings is 3. The van der Waals surface area contributed by atoms with E-state index < -0.39 is 6.16 Å². The molecule has 0 heterocycles. The van der Waals surface area contributed by atoms with E-state index in [1.165, 1.54) is 12.1 Å². The molecule has 0 atom stereocenters. The van der Waals surface area contributed by atoms with Crippen LogP contribution in [0.4, 0.5) is 16.2 Å². The Morgan fingerprint density at radius 3 is 2.16 bits per heavy atom. The van der Waals surface area contributed by atoms with Crippen LogP contribution in [0.25, 0.3) is 0 Å². The van der Waals surface area contributed by atoms with Gasteiger partial charge < -0.3 is 25.8 Å². The maximum absolute atomic E-state index is 12.5. The van der Waals surface area contributed by atoms with Crippen LogP contribution in [-0.4, -0.2) is 24.6 Å². The van der Waals surface area contributed by atoms with Gasteiger partial charge in [-0.3, -0.25) is 9.59 Å². The summed E-state index contributed by atoms with van der Waals surface area (Å²) in [5, 5.41) is 5.67. The van der Waals surface area contributed by atoms with Crippen LogP contribution in [0.15, 0.2) is 72.8 Å². The first-order valence-electron chi connectivity index (χ1n) is 9.94. The summed E-state index contributed by atoms with van der Waals surface area (Å²) in [7, 11) is 0. The van der Waals surface area contributed by atoms with Gasteiger partial charge in [-0.1, -0.05) is 18.2 Å². The SMILES string of the molecule is CCOC(=O)Oc1ccc(C(=O)NCc2ccccc2NC(=O)c2ccc(N)cc2)cc1. The van der Waals surface area contributed by atoms with Crippen molar-refractivity contribution in [3.8, 4) is 5.75 Å². The second kappa shape index (κ2) is 10.6. The number of anilines is 2. The van der Waals surface area contributed by atoms with Crippen LogP contribution in [0.5, 0.6) is 5.75 Å². The van der Waals surface area contributed by atoms with E-state index in [1.807, 2.05) is 12.1 Å². The Kier molecular flexibility index (Phi) is 7.42. The fraction of sp³-hybridized carbons (Fsp3) is 0.125. The first-order valence-corrected chi connectivity index (χ1v) is 9.94. The predicted octanol–water partition coefficient (Wildman–Crippen LogP) is 3.99. The Morgan fingerprint density at radius 2 is 1.47 bits per heavy atom. The number of rotatable bonds is 7. The molecule has 0 aromatic heterocycles. The van der Waals surface area contributed by atoms with Crippen molar-refractivity contribution in [3.05, 3.63) is 89.5 Å². The Labute approximate surface area is 185 Å². The van der Waals surface area contributed by atoms with Gasteiger partial charge in [0.05, 0.1) is 6.61 Å². The minimum atomic E-state index is -0.803. The number of nitrogen functional groups attached to an aromatic ring is 1. The molecule has 0 aliphatic carbocycles. The molecule has 0 saturated carbocycles. The molecule has 0 radical (unpaired) electrons. The quantitative estimate of drug-likeness (QED) is 0.294. The van der Waals surface area contributed by atoms with Gasteiger partial charge in [-0.05, 0) is 67.1 Å². The van der Waals surface area contributed by atoms with Crippen LogP contribution >= 0.6 is 0 Å². The van der Waals surface area contributed by atoms with E-state index >= 15 is 0 Å². The largest absolute Gasteiger partial charge is 0.513 e. The van der Waals surface area contributed by atoms with Crippen molar-refractivity contribution in [1.82, 2.24) is 5.32 Å². The van der Waals surface area contributed by atoms with Gasteiger partial charge in [-0.25, -0.2) is 4.79 Å². The third-order valence-corrected chi connectivity index (χ3v) is 4.46. The van der Waals surface area contributed by atoms with E-state index in [4.69, 9.17) is 15.2 Å². The highest BCUT2D eigenvalue weighted by Gasteiger charge is 2.12. The molecule has 0 aliphatic heterocycles. The summed E-state index contributed by atoms with van der Waals surface area (Å²) in [6.07, 6.45) is -0.803. The summed E-state index contributed by atoms with van der Waals surface area (Å²) < 4.78 is 9.68. The predicted molar refractivity (Wildman–Crippen MR) is 121 cm³/mol. The maximum Gasteiger partial charge on any atom is 0.513 e. The smallest absolute Gasteiger partial charge is 0.434 e. The topological polar surface area (TPSA) is 120 Å². The van der Waals surface area contributed by atoms with E-state index in [0.717, 1.165) is 5.56 Å². The van der Waals surface area contributed by atoms with Crippen molar-refractivity contribution < 1.29 is 23.9 Å².